The largest absolute Gasteiger partial charge is 0.225 e. The first-order valence-electron chi connectivity index (χ1n) is 3.51. The number of benzene rings is 1. The van der Waals surface area contributed by atoms with Gasteiger partial charge in [0, 0.05) is 11.7 Å². The van der Waals surface area contributed by atoms with Gasteiger partial charge in [0.2, 0.25) is 0 Å². The van der Waals surface area contributed by atoms with E-state index in [1.165, 1.54) is 11.7 Å². The van der Waals surface area contributed by atoms with Crippen LogP contribution in [0.15, 0.2) is 35.7 Å². The maximum absolute atomic E-state index is 10.7. The smallest absolute Gasteiger partial charge is 0.168 e. The van der Waals surface area contributed by atoms with Crippen molar-refractivity contribution in [3.8, 4) is 0 Å². The highest BCUT2D eigenvalue weighted by Crippen LogP contribution is 2.01. The summed E-state index contributed by atoms with van der Waals surface area (Å²) in [4.78, 5) is 0. The Morgan fingerprint density at radius 3 is 2.25 bits per heavy atom. The number of sulfone groups is 1. The maximum Gasteiger partial charge on any atom is 0.168 e. The third-order valence-corrected chi connectivity index (χ3v) is 1.94. The molecule has 0 atom stereocenters. The van der Waals surface area contributed by atoms with E-state index in [1.807, 2.05) is 30.3 Å². The Hall–Kier alpha value is -1.09. The molecule has 0 spiro atoms. The predicted octanol–water partition coefficient (Wildman–Crippen LogP) is 1.70. The third-order valence-electron chi connectivity index (χ3n) is 1.31. The first kappa shape index (κ1) is 9.00. The summed E-state index contributed by atoms with van der Waals surface area (Å²) in [5.74, 6) is 0. The van der Waals surface area contributed by atoms with Crippen LogP contribution in [0.3, 0.4) is 0 Å². The first-order chi connectivity index (χ1) is 5.58. The minimum Gasteiger partial charge on any atom is -0.225 e. The van der Waals surface area contributed by atoms with Gasteiger partial charge in [0.15, 0.2) is 9.84 Å². The summed E-state index contributed by atoms with van der Waals surface area (Å²) in [5, 5.41) is 1.20. The summed E-state index contributed by atoms with van der Waals surface area (Å²) in [7, 11) is -3.00. The van der Waals surface area contributed by atoms with Crippen molar-refractivity contribution in [3.63, 3.8) is 0 Å². The second-order valence-electron chi connectivity index (χ2n) is 2.54. The fraction of sp³-hybridized carbons (Fsp3) is 0.111. The SMILES string of the molecule is CS(=O)(=O)/C=C/c1ccccc1. The summed E-state index contributed by atoms with van der Waals surface area (Å²) in [6.45, 7) is 0. The van der Waals surface area contributed by atoms with E-state index in [9.17, 15) is 8.42 Å². The van der Waals surface area contributed by atoms with E-state index in [4.69, 9.17) is 0 Å². The summed E-state index contributed by atoms with van der Waals surface area (Å²) < 4.78 is 21.4. The predicted molar refractivity (Wildman–Crippen MR) is 50.3 cm³/mol. The van der Waals surface area contributed by atoms with Gasteiger partial charge in [-0.3, -0.25) is 0 Å². The molecule has 0 aliphatic carbocycles. The summed E-state index contributed by atoms with van der Waals surface area (Å²) in [5.41, 5.74) is 0.892. The van der Waals surface area contributed by atoms with E-state index < -0.39 is 9.84 Å². The van der Waals surface area contributed by atoms with Gasteiger partial charge in [-0.25, -0.2) is 8.42 Å². The van der Waals surface area contributed by atoms with Crippen molar-refractivity contribution in [1.29, 1.82) is 0 Å². The lowest BCUT2D eigenvalue weighted by Gasteiger charge is -1.89. The highest BCUT2D eigenvalue weighted by molar-refractivity contribution is 7.93. The van der Waals surface area contributed by atoms with Gasteiger partial charge in [0.25, 0.3) is 0 Å². The molecule has 64 valence electrons. The van der Waals surface area contributed by atoms with Gasteiger partial charge in [-0.1, -0.05) is 30.3 Å². The van der Waals surface area contributed by atoms with E-state index in [0.29, 0.717) is 0 Å². The molecule has 0 fully saturated rings. The average Bonchev–Trinajstić information content (AvgIpc) is 2.02. The van der Waals surface area contributed by atoms with Crippen molar-refractivity contribution in [2.45, 2.75) is 0 Å². The standard InChI is InChI=1S/C9H10O2S/c1-12(10,11)8-7-9-5-3-2-4-6-9/h2-8H,1H3/b8-7+. The Balaban J connectivity index is 2.85. The van der Waals surface area contributed by atoms with Gasteiger partial charge in [0.1, 0.15) is 0 Å². The number of hydrogen-bond donors (Lipinski definition) is 0. The molecule has 0 aromatic heterocycles. The second-order valence-corrected chi connectivity index (χ2v) is 4.47. The molecular weight excluding hydrogens is 172 g/mol. The minimum atomic E-state index is -3.00. The molecule has 12 heavy (non-hydrogen) atoms. The maximum atomic E-state index is 10.7. The fourth-order valence-corrected chi connectivity index (χ4v) is 1.17. The van der Waals surface area contributed by atoms with Gasteiger partial charge in [-0.2, -0.15) is 0 Å². The first-order valence-corrected chi connectivity index (χ1v) is 5.46. The van der Waals surface area contributed by atoms with E-state index in [2.05, 4.69) is 0 Å². The molecule has 1 aromatic rings. The molecule has 0 unspecified atom stereocenters. The van der Waals surface area contributed by atoms with Gasteiger partial charge in [0.05, 0.1) is 0 Å². The molecule has 0 saturated heterocycles. The summed E-state index contributed by atoms with van der Waals surface area (Å²) in [6.07, 6.45) is 2.75. The monoisotopic (exact) mass is 182 g/mol. The van der Waals surface area contributed by atoms with E-state index in [1.54, 1.807) is 6.08 Å². The van der Waals surface area contributed by atoms with Crippen LogP contribution in [0.25, 0.3) is 6.08 Å². The van der Waals surface area contributed by atoms with Crippen LogP contribution < -0.4 is 0 Å². The van der Waals surface area contributed by atoms with Crippen LogP contribution in [0.2, 0.25) is 0 Å². The zero-order chi connectivity index (χ0) is 9.03. The van der Waals surface area contributed by atoms with Crippen molar-refractivity contribution in [2.24, 2.45) is 0 Å². The minimum absolute atomic E-state index is 0.892. The molecule has 1 rings (SSSR count). The Kier molecular flexibility index (Phi) is 2.65. The summed E-state index contributed by atoms with van der Waals surface area (Å²) in [6, 6.07) is 9.31. The molecule has 0 aliphatic rings. The van der Waals surface area contributed by atoms with E-state index >= 15 is 0 Å². The third kappa shape index (κ3) is 3.34. The van der Waals surface area contributed by atoms with Crippen molar-refractivity contribution in [1.82, 2.24) is 0 Å². The van der Waals surface area contributed by atoms with Crippen LogP contribution in [0.5, 0.6) is 0 Å². The van der Waals surface area contributed by atoms with Crippen molar-refractivity contribution in [2.75, 3.05) is 6.26 Å². The van der Waals surface area contributed by atoms with Gasteiger partial charge in [-0.15, -0.1) is 0 Å². The molecule has 0 amide bonds. The highest BCUT2D eigenvalue weighted by atomic mass is 32.2. The normalized spacial score (nSPS) is 12.1. The fourth-order valence-electron chi connectivity index (χ4n) is 0.766. The van der Waals surface area contributed by atoms with Gasteiger partial charge >= 0.3 is 0 Å². The molecule has 0 saturated carbocycles. The molecule has 0 bridgehead atoms. The summed E-state index contributed by atoms with van der Waals surface area (Å²) >= 11 is 0. The van der Waals surface area contributed by atoms with Crippen molar-refractivity contribution in [3.05, 3.63) is 41.3 Å². The molecule has 1 aromatic carbocycles. The lowest BCUT2D eigenvalue weighted by molar-refractivity contribution is 0.610. The van der Waals surface area contributed by atoms with Crippen LogP contribution in [-0.2, 0) is 9.84 Å². The van der Waals surface area contributed by atoms with E-state index in [0.717, 1.165) is 5.56 Å². The molecule has 0 N–H and O–H groups in total. The van der Waals surface area contributed by atoms with Crippen LogP contribution in [0, 0.1) is 0 Å². The van der Waals surface area contributed by atoms with Crippen molar-refractivity contribution >= 4 is 15.9 Å². The molecule has 0 aliphatic heterocycles. The Morgan fingerprint density at radius 1 is 1.17 bits per heavy atom. The number of hydrogen-bond acceptors (Lipinski definition) is 2. The lowest BCUT2D eigenvalue weighted by atomic mass is 10.2. The zero-order valence-corrected chi connectivity index (χ0v) is 7.58. The second kappa shape index (κ2) is 3.54. The molecule has 0 radical (unpaired) electrons. The zero-order valence-electron chi connectivity index (χ0n) is 6.77. The quantitative estimate of drug-likeness (QED) is 0.697. The van der Waals surface area contributed by atoms with Crippen LogP contribution in [-0.4, -0.2) is 14.7 Å². The molecular formula is C9H10O2S. The number of rotatable bonds is 2. The molecule has 3 heteroatoms. The topological polar surface area (TPSA) is 34.1 Å². The van der Waals surface area contributed by atoms with Crippen LogP contribution in [0.4, 0.5) is 0 Å². The lowest BCUT2D eigenvalue weighted by Crippen LogP contribution is -1.87. The van der Waals surface area contributed by atoms with Gasteiger partial charge < -0.3 is 0 Å². The van der Waals surface area contributed by atoms with E-state index in [-0.39, 0.29) is 0 Å². The Labute approximate surface area is 72.5 Å². The molecule has 0 heterocycles. The highest BCUT2D eigenvalue weighted by Gasteiger charge is 1.91. The average molecular weight is 182 g/mol. The Morgan fingerprint density at radius 2 is 1.75 bits per heavy atom. The van der Waals surface area contributed by atoms with Crippen LogP contribution in [0.1, 0.15) is 5.56 Å². The van der Waals surface area contributed by atoms with Crippen molar-refractivity contribution < 1.29 is 8.42 Å². The van der Waals surface area contributed by atoms with Crippen LogP contribution >= 0.6 is 0 Å². The Bertz CT molecular complexity index is 363. The molecule has 2 nitrogen and oxygen atoms in total. The van der Waals surface area contributed by atoms with Gasteiger partial charge in [-0.05, 0) is 11.6 Å².